The average molecular weight is 284 g/mol. The molecule has 0 atom stereocenters. The van der Waals surface area contributed by atoms with Gasteiger partial charge in [0.1, 0.15) is 6.61 Å². The number of carbonyl (C=O) groups excluding carboxylic acids is 1. The van der Waals surface area contributed by atoms with Gasteiger partial charge in [-0.25, -0.2) is 9.78 Å². The number of ether oxygens (including phenoxy) is 1. The molecule has 0 aliphatic carbocycles. The third-order valence-corrected chi connectivity index (χ3v) is 2.49. The first-order valence-electron chi connectivity index (χ1n) is 6.29. The number of rotatable bonds is 3. The Morgan fingerprint density at radius 1 is 1.24 bits per heavy atom. The molecule has 1 aromatic carbocycles. The topological polar surface area (TPSA) is 51.2 Å². The zero-order valence-corrected chi connectivity index (χ0v) is 11.2. The van der Waals surface area contributed by atoms with Gasteiger partial charge in [0.25, 0.3) is 0 Å². The molecule has 106 valence electrons. The van der Waals surface area contributed by atoms with Gasteiger partial charge in [0.2, 0.25) is 5.95 Å². The van der Waals surface area contributed by atoms with E-state index < -0.39 is 12.0 Å². The number of alkyl carbamates (subject to hydrolysis) is 1. The summed E-state index contributed by atoms with van der Waals surface area (Å²) in [6.07, 6.45) is 0.793. The zero-order valence-electron chi connectivity index (χ0n) is 11.2. The van der Waals surface area contributed by atoms with Crippen molar-refractivity contribution in [3.05, 3.63) is 65.7 Å². The van der Waals surface area contributed by atoms with Crippen LogP contribution in [0.3, 0.4) is 0 Å². The molecular weight excluding hydrogens is 271 g/mol. The van der Waals surface area contributed by atoms with Crippen LogP contribution in [0.15, 0.2) is 48.7 Å². The lowest BCUT2D eigenvalue weighted by atomic mass is 10.2. The molecule has 0 aliphatic rings. The molecule has 0 aliphatic heterocycles. The summed E-state index contributed by atoms with van der Waals surface area (Å²) in [7, 11) is 0. The molecule has 21 heavy (non-hydrogen) atoms. The number of nitrogens with one attached hydrogen (secondary N) is 1. The Balaban J connectivity index is 1.71. The normalized spacial score (nSPS) is 9.38. The Bertz CT molecular complexity index is 645. The lowest BCUT2D eigenvalue weighted by Crippen LogP contribution is -2.24. The van der Waals surface area contributed by atoms with Crippen molar-refractivity contribution in [2.24, 2.45) is 0 Å². The summed E-state index contributed by atoms with van der Waals surface area (Å²) in [5.41, 5.74) is 1.49. The summed E-state index contributed by atoms with van der Waals surface area (Å²) in [6.45, 7) is 0.354. The van der Waals surface area contributed by atoms with Gasteiger partial charge >= 0.3 is 6.09 Å². The summed E-state index contributed by atoms with van der Waals surface area (Å²) >= 11 is 0. The van der Waals surface area contributed by atoms with E-state index in [0.717, 1.165) is 5.56 Å². The van der Waals surface area contributed by atoms with Gasteiger partial charge in [-0.3, -0.25) is 0 Å². The van der Waals surface area contributed by atoms with Crippen molar-refractivity contribution in [3.8, 4) is 11.8 Å². The van der Waals surface area contributed by atoms with Crippen LogP contribution < -0.4 is 5.32 Å². The number of carbonyl (C=O) groups is 1. The van der Waals surface area contributed by atoms with Crippen molar-refractivity contribution >= 4 is 6.09 Å². The quantitative estimate of drug-likeness (QED) is 0.696. The molecule has 0 saturated heterocycles. The number of pyridine rings is 1. The molecule has 1 amide bonds. The van der Waals surface area contributed by atoms with E-state index >= 15 is 0 Å². The predicted octanol–water partition coefficient (Wildman–Crippen LogP) is 2.50. The minimum absolute atomic E-state index is 0.144. The van der Waals surface area contributed by atoms with Crippen molar-refractivity contribution < 1.29 is 13.9 Å². The van der Waals surface area contributed by atoms with Crippen molar-refractivity contribution in [3.63, 3.8) is 0 Å². The molecule has 1 heterocycles. The van der Waals surface area contributed by atoms with E-state index in [2.05, 4.69) is 22.1 Å². The van der Waals surface area contributed by atoms with Crippen molar-refractivity contribution in [2.45, 2.75) is 6.61 Å². The van der Waals surface area contributed by atoms with Gasteiger partial charge in [-0.05, 0) is 17.7 Å². The molecule has 0 fully saturated rings. The van der Waals surface area contributed by atoms with Gasteiger partial charge in [-0.15, -0.1) is 0 Å². The Hall–Kier alpha value is -2.87. The third kappa shape index (κ3) is 5.33. The Kier molecular flexibility index (Phi) is 5.30. The highest BCUT2D eigenvalue weighted by Gasteiger charge is 2.00. The second-order valence-electron chi connectivity index (χ2n) is 4.09. The minimum Gasteiger partial charge on any atom is -0.445 e. The summed E-state index contributed by atoms with van der Waals surface area (Å²) in [5, 5.41) is 2.51. The van der Waals surface area contributed by atoms with E-state index in [1.54, 1.807) is 0 Å². The highest BCUT2D eigenvalue weighted by molar-refractivity contribution is 5.67. The van der Waals surface area contributed by atoms with Gasteiger partial charge in [-0.1, -0.05) is 42.2 Å². The summed E-state index contributed by atoms with van der Waals surface area (Å²) in [6, 6.07) is 12.1. The van der Waals surface area contributed by atoms with Crippen LogP contribution in [0.1, 0.15) is 11.1 Å². The molecular formula is C16H13FN2O2. The maximum absolute atomic E-state index is 12.6. The van der Waals surface area contributed by atoms with Gasteiger partial charge in [0.15, 0.2) is 0 Å². The van der Waals surface area contributed by atoms with Crippen molar-refractivity contribution in [1.29, 1.82) is 0 Å². The van der Waals surface area contributed by atoms with Gasteiger partial charge in [0.05, 0.1) is 6.54 Å². The number of hydrogen-bond acceptors (Lipinski definition) is 3. The van der Waals surface area contributed by atoms with E-state index in [4.69, 9.17) is 4.74 Å². The first kappa shape index (κ1) is 14.5. The molecule has 0 unspecified atom stereocenters. The van der Waals surface area contributed by atoms with E-state index in [0.29, 0.717) is 5.56 Å². The lowest BCUT2D eigenvalue weighted by molar-refractivity contribution is 0.141. The molecule has 1 aromatic heterocycles. The highest BCUT2D eigenvalue weighted by Crippen LogP contribution is 2.00. The number of amides is 1. The van der Waals surface area contributed by atoms with E-state index in [1.807, 2.05) is 30.3 Å². The van der Waals surface area contributed by atoms with E-state index in [1.165, 1.54) is 18.3 Å². The second kappa shape index (κ2) is 7.65. The smallest absolute Gasteiger partial charge is 0.408 e. The lowest BCUT2D eigenvalue weighted by Gasteiger charge is -2.04. The first-order valence-corrected chi connectivity index (χ1v) is 6.29. The number of aromatic nitrogens is 1. The summed E-state index contributed by atoms with van der Waals surface area (Å²) < 4.78 is 17.6. The maximum atomic E-state index is 12.6. The maximum Gasteiger partial charge on any atom is 0.408 e. The Morgan fingerprint density at radius 3 is 2.76 bits per heavy atom. The Labute approximate surface area is 122 Å². The van der Waals surface area contributed by atoms with E-state index in [9.17, 15) is 9.18 Å². The molecule has 4 nitrogen and oxygen atoms in total. The number of hydrogen-bond donors (Lipinski definition) is 1. The number of benzene rings is 1. The number of halogens is 1. The minimum atomic E-state index is -0.553. The van der Waals surface area contributed by atoms with Crippen LogP contribution in [0.5, 0.6) is 0 Å². The fourth-order valence-corrected chi connectivity index (χ4v) is 1.49. The summed E-state index contributed by atoms with van der Waals surface area (Å²) in [5.74, 6) is 4.92. The molecule has 2 rings (SSSR count). The van der Waals surface area contributed by atoms with Crippen LogP contribution in [0, 0.1) is 17.8 Å². The van der Waals surface area contributed by atoms with Crippen molar-refractivity contribution in [2.75, 3.05) is 6.54 Å². The van der Waals surface area contributed by atoms with Crippen LogP contribution in [0.25, 0.3) is 0 Å². The van der Waals surface area contributed by atoms with Crippen LogP contribution in [-0.4, -0.2) is 17.6 Å². The van der Waals surface area contributed by atoms with Crippen molar-refractivity contribution in [1.82, 2.24) is 10.3 Å². The first-order chi connectivity index (χ1) is 10.2. The van der Waals surface area contributed by atoms with Gasteiger partial charge in [0, 0.05) is 11.8 Å². The molecule has 2 aromatic rings. The van der Waals surface area contributed by atoms with Crippen LogP contribution >= 0.6 is 0 Å². The Morgan fingerprint density at radius 2 is 2.05 bits per heavy atom. The summed E-state index contributed by atoms with van der Waals surface area (Å²) in [4.78, 5) is 14.9. The second-order valence-corrected chi connectivity index (χ2v) is 4.09. The molecule has 0 bridgehead atoms. The monoisotopic (exact) mass is 284 g/mol. The predicted molar refractivity (Wildman–Crippen MR) is 75.7 cm³/mol. The third-order valence-electron chi connectivity index (χ3n) is 2.49. The number of nitrogens with zero attached hydrogens (tertiary/aromatic N) is 1. The molecule has 0 spiro atoms. The molecule has 0 saturated carbocycles. The van der Waals surface area contributed by atoms with Crippen LogP contribution in [0.2, 0.25) is 0 Å². The van der Waals surface area contributed by atoms with Crippen LogP contribution in [0.4, 0.5) is 9.18 Å². The molecule has 5 heteroatoms. The van der Waals surface area contributed by atoms with Crippen LogP contribution in [-0.2, 0) is 11.3 Å². The van der Waals surface area contributed by atoms with E-state index in [-0.39, 0.29) is 13.2 Å². The average Bonchev–Trinajstić information content (AvgIpc) is 2.52. The largest absolute Gasteiger partial charge is 0.445 e. The van der Waals surface area contributed by atoms with Gasteiger partial charge in [-0.2, -0.15) is 4.39 Å². The van der Waals surface area contributed by atoms with Gasteiger partial charge < -0.3 is 10.1 Å². The highest BCUT2D eigenvalue weighted by atomic mass is 19.1. The molecule has 1 N–H and O–H groups in total. The fraction of sp³-hybridized carbons (Fsp3) is 0.125. The molecule has 0 radical (unpaired) electrons. The zero-order chi connectivity index (χ0) is 14.9. The SMILES string of the molecule is O=C(NCC#Cc1ccc(F)nc1)OCc1ccccc1. The standard InChI is InChI=1S/C16H13FN2O2/c17-15-9-8-13(11-19-15)7-4-10-18-16(20)21-12-14-5-2-1-3-6-14/h1-3,5-6,8-9,11H,10,12H2,(H,18,20). The fourth-order valence-electron chi connectivity index (χ4n) is 1.49.